The first-order valence-corrected chi connectivity index (χ1v) is 9.74. The van der Waals surface area contributed by atoms with Crippen LogP contribution < -0.4 is 10.0 Å². The highest BCUT2D eigenvalue weighted by Crippen LogP contribution is 2.23. The zero-order valence-electron chi connectivity index (χ0n) is 13.7. The van der Waals surface area contributed by atoms with Gasteiger partial charge in [-0.25, -0.2) is 8.78 Å². The van der Waals surface area contributed by atoms with Crippen molar-refractivity contribution < 1.29 is 22.0 Å². The van der Waals surface area contributed by atoms with Crippen LogP contribution in [0.2, 0.25) is 0 Å². The summed E-state index contributed by atoms with van der Waals surface area (Å²) in [5.74, 6) is -2.77. The fraction of sp³-hybridized carbons (Fsp3) is 0.0625. The molecule has 0 radical (unpaired) electrons. The van der Waals surface area contributed by atoms with Gasteiger partial charge in [-0.2, -0.15) is 8.42 Å². The Balaban J connectivity index is 1.74. The highest BCUT2D eigenvalue weighted by atomic mass is 32.2. The lowest BCUT2D eigenvalue weighted by Crippen LogP contribution is -2.13. The van der Waals surface area contributed by atoms with Crippen LogP contribution in [0.4, 0.5) is 19.6 Å². The molecule has 0 spiro atoms. The van der Waals surface area contributed by atoms with E-state index in [1.54, 1.807) is 24.3 Å². The fourth-order valence-electron chi connectivity index (χ4n) is 2.00. The minimum Gasteiger partial charge on any atom is -0.296 e. The molecule has 140 valence electrons. The van der Waals surface area contributed by atoms with Crippen molar-refractivity contribution in [1.29, 1.82) is 0 Å². The van der Waals surface area contributed by atoms with Crippen molar-refractivity contribution in [2.75, 3.05) is 10.0 Å². The number of sulfonamides is 1. The Kier molecular flexibility index (Phi) is 5.15. The van der Waals surface area contributed by atoms with Gasteiger partial charge in [0.1, 0.15) is 0 Å². The van der Waals surface area contributed by atoms with Gasteiger partial charge in [0, 0.05) is 11.6 Å². The largest absolute Gasteiger partial charge is 0.296 e. The molecule has 0 unspecified atom stereocenters. The first-order valence-electron chi connectivity index (χ1n) is 7.44. The van der Waals surface area contributed by atoms with Crippen molar-refractivity contribution >= 4 is 38.1 Å². The van der Waals surface area contributed by atoms with Crippen LogP contribution in [0.1, 0.15) is 15.9 Å². The predicted molar refractivity (Wildman–Crippen MR) is 96.2 cm³/mol. The average Bonchev–Trinajstić information content (AvgIpc) is 3.08. The quantitative estimate of drug-likeness (QED) is 0.629. The van der Waals surface area contributed by atoms with Crippen molar-refractivity contribution in [3.8, 4) is 0 Å². The summed E-state index contributed by atoms with van der Waals surface area (Å²) < 4.78 is 52.3. The molecule has 3 rings (SSSR count). The highest BCUT2D eigenvalue weighted by Gasteiger charge is 2.22. The molecule has 2 N–H and O–H groups in total. The van der Waals surface area contributed by atoms with Gasteiger partial charge in [-0.1, -0.05) is 29.0 Å². The third-order valence-electron chi connectivity index (χ3n) is 3.34. The van der Waals surface area contributed by atoms with Crippen molar-refractivity contribution in [2.45, 2.75) is 11.3 Å². The maximum atomic E-state index is 13.2. The van der Waals surface area contributed by atoms with E-state index in [1.165, 1.54) is 0 Å². The Morgan fingerprint density at radius 3 is 2.41 bits per heavy atom. The summed E-state index contributed by atoms with van der Waals surface area (Å²) in [6.45, 7) is 1.88. The number of anilines is 2. The lowest BCUT2D eigenvalue weighted by molar-refractivity contribution is 0.102. The summed E-state index contributed by atoms with van der Waals surface area (Å²) in [6, 6.07) is 9.32. The smallest absolute Gasteiger partial charge is 0.291 e. The number of hydrogen-bond acceptors (Lipinski definition) is 6. The van der Waals surface area contributed by atoms with Gasteiger partial charge in [0.05, 0.1) is 5.69 Å². The molecule has 0 saturated heterocycles. The number of amides is 1. The SMILES string of the molecule is Cc1ccc(C(=O)Nc2nnc(S(=O)(=O)Nc3ccc(F)c(F)c3)s2)cc1. The lowest BCUT2D eigenvalue weighted by Gasteiger charge is -2.05. The summed E-state index contributed by atoms with van der Waals surface area (Å²) in [7, 11) is -4.17. The van der Waals surface area contributed by atoms with Crippen LogP contribution in [-0.4, -0.2) is 24.5 Å². The molecule has 0 aliphatic rings. The number of hydrogen-bond donors (Lipinski definition) is 2. The second-order valence-electron chi connectivity index (χ2n) is 5.43. The molecule has 0 bridgehead atoms. The maximum Gasteiger partial charge on any atom is 0.291 e. The zero-order chi connectivity index (χ0) is 19.6. The standard InChI is InChI=1S/C16H12F2N4O3S2/c1-9-2-4-10(5-3-9)14(23)19-15-20-21-16(26-15)27(24,25)22-11-6-7-12(17)13(18)8-11/h2-8,22H,1H3,(H,19,20,23). The van der Waals surface area contributed by atoms with Crippen LogP contribution in [-0.2, 0) is 10.0 Å². The van der Waals surface area contributed by atoms with Crippen LogP contribution in [0.25, 0.3) is 0 Å². The molecule has 27 heavy (non-hydrogen) atoms. The second kappa shape index (κ2) is 7.37. The monoisotopic (exact) mass is 410 g/mol. The van der Waals surface area contributed by atoms with Gasteiger partial charge in [-0.05, 0) is 31.2 Å². The van der Waals surface area contributed by atoms with Crippen LogP contribution in [0.3, 0.4) is 0 Å². The van der Waals surface area contributed by atoms with Crippen LogP contribution in [0.15, 0.2) is 46.8 Å². The van der Waals surface area contributed by atoms with Gasteiger partial charge in [0.2, 0.25) is 5.13 Å². The summed E-state index contributed by atoms with van der Waals surface area (Å²) in [5.41, 5.74) is 1.19. The average molecular weight is 410 g/mol. The second-order valence-corrected chi connectivity index (χ2v) is 8.26. The van der Waals surface area contributed by atoms with E-state index in [2.05, 4.69) is 20.2 Å². The molecule has 3 aromatic rings. The van der Waals surface area contributed by atoms with E-state index in [0.717, 1.165) is 17.7 Å². The Hall–Kier alpha value is -2.92. The normalized spacial score (nSPS) is 11.2. The van der Waals surface area contributed by atoms with E-state index in [-0.39, 0.29) is 10.8 Å². The summed E-state index contributed by atoms with van der Waals surface area (Å²) in [6.07, 6.45) is 0. The van der Waals surface area contributed by atoms with Gasteiger partial charge in [0.15, 0.2) is 11.6 Å². The molecular weight excluding hydrogens is 398 g/mol. The molecular formula is C16H12F2N4O3S2. The van der Waals surface area contributed by atoms with E-state index in [4.69, 9.17) is 0 Å². The molecule has 0 aliphatic carbocycles. The summed E-state index contributed by atoms with van der Waals surface area (Å²) in [4.78, 5) is 12.1. The zero-order valence-corrected chi connectivity index (χ0v) is 15.4. The van der Waals surface area contributed by atoms with Crippen LogP contribution in [0.5, 0.6) is 0 Å². The first kappa shape index (κ1) is 18.9. The van der Waals surface area contributed by atoms with Gasteiger partial charge < -0.3 is 0 Å². The third kappa shape index (κ3) is 4.44. The maximum absolute atomic E-state index is 13.2. The predicted octanol–water partition coefficient (Wildman–Crippen LogP) is 3.18. The van der Waals surface area contributed by atoms with Crippen molar-refractivity contribution in [1.82, 2.24) is 10.2 Å². The number of nitrogens with zero attached hydrogens (tertiary/aromatic N) is 2. The Labute approximate surface area is 157 Å². The van der Waals surface area contributed by atoms with Gasteiger partial charge in [-0.3, -0.25) is 14.8 Å². The minimum atomic E-state index is -4.17. The fourth-order valence-corrected chi connectivity index (χ4v) is 3.95. The van der Waals surface area contributed by atoms with Crippen molar-refractivity contribution in [3.05, 3.63) is 65.2 Å². The van der Waals surface area contributed by atoms with E-state index in [1.807, 2.05) is 6.92 Å². The first-order chi connectivity index (χ1) is 12.7. The Morgan fingerprint density at radius 1 is 1.04 bits per heavy atom. The lowest BCUT2D eigenvalue weighted by atomic mass is 10.1. The number of carbonyl (C=O) groups excluding carboxylic acids is 1. The van der Waals surface area contributed by atoms with Crippen molar-refractivity contribution in [3.63, 3.8) is 0 Å². The third-order valence-corrected chi connectivity index (χ3v) is 5.93. The number of carbonyl (C=O) groups is 1. The topological polar surface area (TPSA) is 101 Å². The van der Waals surface area contributed by atoms with E-state index < -0.39 is 31.9 Å². The minimum absolute atomic E-state index is 0.0220. The van der Waals surface area contributed by atoms with Crippen molar-refractivity contribution in [2.24, 2.45) is 0 Å². The van der Waals surface area contributed by atoms with Crippen LogP contribution >= 0.6 is 11.3 Å². The number of benzene rings is 2. The van der Waals surface area contributed by atoms with E-state index in [0.29, 0.717) is 23.0 Å². The summed E-state index contributed by atoms with van der Waals surface area (Å²) >= 11 is 0.620. The van der Waals surface area contributed by atoms with Gasteiger partial charge in [0.25, 0.3) is 20.3 Å². The van der Waals surface area contributed by atoms with Crippen LogP contribution in [0, 0.1) is 18.6 Å². The molecule has 7 nitrogen and oxygen atoms in total. The number of rotatable bonds is 5. The number of nitrogens with one attached hydrogen (secondary N) is 2. The number of aromatic nitrogens is 2. The molecule has 0 fully saturated rings. The van der Waals surface area contributed by atoms with E-state index >= 15 is 0 Å². The van der Waals surface area contributed by atoms with E-state index in [9.17, 15) is 22.0 Å². The molecule has 1 aromatic heterocycles. The molecule has 11 heteroatoms. The van der Waals surface area contributed by atoms with Gasteiger partial charge in [-0.15, -0.1) is 10.2 Å². The molecule has 0 aliphatic heterocycles. The van der Waals surface area contributed by atoms with Gasteiger partial charge >= 0.3 is 0 Å². The number of aryl methyl sites for hydroxylation is 1. The number of halogens is 2. The summed E-state index contributed by atoms with van der Waals surface area (Å²) in [5, 5.41) is 9.58. The molecule has 1 amide bonds. The Morgan fingerprint density at radius 2 is 1.74 bits per heavy atom. The Bertz CT molecular complexity index is 1100. The molecule has 0 atom stereocenters. The highest BCUT2D eigenvalue weighted by molar-refractivity contribution is 7.94. The molecule has 2 aromatic carbocycles. The molecule has 0 saturated carbocycles. The molecule has 1 heterocycles.